The number of halogens is 1. The maximum absolute atomic E-state index is 12.0. The molecule has 2 aromatic carbocycles. The van der Waals surface area contributed by atoms with E-state index in [0.717, 1.165) is 18.5 Å². The van der Waals surface area contributed by atoms with Crippen LogP contribution in [0.2, 0.25) is 0 Å². The van der Waals surface area contributed by atoms with Crippen molar-refractivity contribution in [2.45, 2.75) is 25.9 Å². The van der Waals surface area contributed by atoms with E-state index in [1.54, 1.807) is 0 Å². The second-order valence-electron chi connectivity index (χ2n) is 5.42. The Morgan fingerprint density at radius 3 is 2.46 bits per heavy atom. The minimum absolute atomic E-state index is 0. The highest BCUT2D eigenvalue weighted by Gasteiger charge is 2.11. The number of carbonyl (C=O) groups excluding carboxylic acids is 1. The average molecular weight is 349 g/mol. The summed E-state index contributed by atoms with van der Waals surface area (Å²) in [4.78, 5) is 12.0. The zero-order valence-corrected chi connectivity index (χ0v) is 14.9. The number of carbonyl (C=O) groups is 1. The third-order valence-electron chi connectivity index (χ3n) is 3.56. The number of anilines is 1. The van der Waals surface area contributed by atoms with Crippen LogP contribution in [0.4, 0.5) is 5.69 Å². The van der Waals surface area contributed by atoms with Crippen LogP contribution in [-0.4, -0.2) is 19.5 Å². The number of rotatable bonds is 8. The van der Waals surface area contributed by atoms with Crippen LogP contribution in [0.15, 0.2) is 54.6 Å². The molecular formula is C19H25ClN2O2. The zero-order valence-electron chi connectivity index (χ0n) is 14.1. The Morgan fingerprint density at radius 2 is 1.75 bits per heavy atom. The fraction of sp³-hybridized carbons (Fsp3) is 0.316. The van der Waals surface area contributed by atoms with Crippen LogP contribution in [0.5, 0.6) is 5.75 Å². The SMILES string of the molecule is CNCCCC(=O)Nc1ccccc1OC(C)c1ccccc1.Cl. The number of benzene rings is 2. The van der Waals surface area contributed by atoms with Gasteiger partial charge < -0.3 is 15.4 Å². The monoisotopic (exact) mass is 348 g/mol. The molecule has 0 bridgehead atoms. The van der Waals surface area contributed by atoms with Crippen molar-refractivity contribution in [1.29, 1.82) is 0 Å². The van der Waals surface area contributed by atoms with Crippen molar-refractivity contribution < 1.29 is 9.53 Å². The lowest BCUT2D eigenvalue weighted by atomic mass is 10.1. The Labute approximate surface area is 150 Å². The number of hydrogen-bond donors (Lipinski definition) is 2. The summed E-state index contributed by atoms with van der Waals surface area (Å²) in [5.41, 5.74) is 1.81. The van der Waals surface area contributed by atoms with Gasteiger partial charge in [-0.15, -0.1) is 12.4 Å². The molecule has 2 aromatic rings. The lowest BCUT2D eigenvalue weighted by Crippen LogP contribution is -2.16. The van der Waals surface area contributed by atoms with Crippen molar-refractivity contribution in [3.63, 3.8) is 0 Å². The van der Waals surface area contributed by atoms with Crippen molar-refractivity contribution in [1.82, 2.24) is 5.32 Å². The second kappa shape index (κ2) is 10.7. The molecule has 0 saturated carbocycles. The molecule has 0 spiro atoms. The molecular weight excluding hydrogens is 324 g/mol. The highest BCUT2D eigenvalue weighted by molar-refractivity contribution is 5.92. The van der Waals surface area contributed by atoms with Gasteiger partial charge in [0, 0.05) is 6.42 Å². The topological polar surface area (TPSA) is 50.4 Å². The van der Waals surface area contributed by atoms with E-state index < -0.39 is 0 Å². The fourth-order valence-corrected chi connectivity index (χ4v) is 2.29. The Hall–Kier alpha value is -2.04. The van der Waals surface area contributed by atoms with Crippen LogP contribution < -0.4 is 15.4 Å². The number of nitrogens with one attached hydrogen (secondary N) is 2. The van der Waals surface area contributed by atoms with E-state index in [2.05, 4.69) is 10.6 Å². The summed E-state index contributed by atoms with van der Waals surface area (Å²) in [6.07, 6.45) is 1.22. The van der Waals surface area contributed by atoms with Gasteiger partial charge in [0.15, 0.2) is 0 Å². The van der Waals surface area contributed by atoms with Crippen LogP contribution in [-0.2, 0) is 4.79 Å². The van der Waals surface area contributed by atoms with Crippen molar-refractivity contribution in [3.05, 3.63) is 60.2 Å². The Balaban J connectivity index is 0.00000288. The van der Waals surface area contributed by atoms with Gasteiger partial charge in [0.05, 0.1) is 5.69 Å². The molecule has 0 aliphatic carbocycles. The molecule has 5 heteroatoms. The molecule has 1 atom stereocenters. The summed E-state index contributed by atoms with van der Waals surface area (Å²) in [7, 11) is 1.88. The van der Waals surface area contributed by atoms with Gasteiger partial charge in [-0.25, -0.2) is 0 Å². The molecule has 0 saturated heterocycles. The molecule has 0 heterocycles. The molecule has 0 aliphatic heterocycles. The average Bonchev–Trinajstić information content (AvgIpc) is 2.57. The van der Waals surface area contributed by atoms with Gasteiger partial charge >= 0.3 is 0 Å². The molecule has 24 heavy (non-hydrogen) atoms. The minimum Gasteiger partial charge on any atom is -0.484 e. The largest absolute Gasteiger partial charge is 0.484 e. The molecule has 0 aliphatic rings. The molecule has 4 nitrogen and oxygen atoms in total. The van der Waals surface area contributed by atoms with Crippen molar-refractivity contribution >= 4 is 24.0 Å². The lowest BCUT2D eigenvalue weighted by Gasteiger charge is -2.18. The van der Waals surface area contributed by atoms with Crippen LogP contribution in [0.1, 0.15) is 31.4 Å². The number of amides is 1. The first-order valence-electron chi connectivity index (χ1n) is 7.96. The van der Waals surface area contributed by atoms with Crippen molar-refractivity contribution in [2.24, 2.45) is 0 Å². The highest BCUT2D eigenvalue weighted by atomic mass is 35.5. The summed E-state index contributed by atoms with van der Waals surface area (Å²) < 4.78 is 6.03. The lowest BCUT2D eigenvalue weighted by molar-refractivity contribution is -0.116. The fourth-order valence-electron chi connectivity index (χ4n) is 2.29. The smallest absolute Gasteiger partial charge is 0.224 e. The van der Waals surface area contributed by atoms with Gasteiger partial charge in [-0.05, 0) is 44.6 Å². The van der Waals surface area contributed by atoms with Crippen LogP contribution in [0.3, 0.4) is 0 Å². The maximum atomic E-state index is 12.0. The maximum Gasteiger partial charge on any atom is 0.224 e. The van der Waals surface area contributed by atoms with E-state index in [0.29, 0.717) is 17.9 Å². The van der Waals surface area contributed by atoms with Crippen molar-refractivity contribution in [3.8, 4) is 5.75 Å². The summed E-state index contributed by atoms with van der Waals surface area (Å²) in [6.45, 7) is 2.83. The Bertz CT molecular complexity index is 620. The summed E-state index contributed by atoms with van der Waals surface area (Å²) in [5, 5.41) is 5.97. The first-order chi connectivity index (χ1) is 11.2. The molecule has 130 valence electrons. The zero-order chi connectivity index (χ0) is 16.5. The molecule has 0 radical (unpaired) electrons. The third-order valence-corrected chi connectivity index (χ3v) is 3.56. The highest BCUT2D eigenvalue weighted by Crippen LogP contribution is 2.29. The molecule has 1 amide bonds. The molecule has 2 N–H and O–H groups in total. The molecule has 0 fully saturated rings. The Morgan fingerprint density at radius 1 is 1.08 bits per heavy atom. The minimum atomic E-state index is -0.0847. The summed E-state index contributed by atoms with van der Waals surface area (Å²) >= 11 is 0. The van der Waals surface area contributed by atoms with Gasteiger partial charge in [0.2, 0.25) is 5.91 Å². The standard InChI is InChI=1S/C19H24N2O2.ClH/c1-15(16-9-4-3-5-10-16)23-18-12-7-6-11-17(18)21-19(22)13-8-14-20-2;/h3-7,9-12,15,20H,8,13-14H2,1-2H3,(H,21,22);1H. The number of hydrogen-bond acceptors (Lipinski definition) is 3. The van der Waals surface area contributed by atoms with Crippen molar-refractivity contribution in [2.75, 3.05) is 18.9 Å². The Kier molecular flexibility index (Phi) is 8.90. The van der Waals surface area contributed by atoms with Crippen LogP contribution >= 0.6 is 12.4 Å². The quantitative estimate of drug-likeness (QED) is 0.703. The predicted octanol–water partition coefficient (Wildman–Crippen LogP) is 4.19. The first-order valence-corrected chi connectivity index (χ1v) is 7.96. The predicted molar refractivity (Wildman–Crippen MR) is 101 cm³/mol. The van der Waals surface area contributed by atoms with Crippen LogP contribution in [0, 0.1) is 0 Å². The number of para-hydroxylation sites is 2. The van der Waals surface area contributed by atoms with E-state index in [4.69, 9.17) is 4.74 Å². The normalized spacial score (nSPS) is 11.2. The second-order valence-corrected chi connectivity index (χ2v) is 5.42. The van der Waals surface area contributed by atoms with Crippen LogP contribution in [0.25, 0.3) is 0 Å². The van der Waals surface area contributed by atoms with E-state index in [1.165, 1.54) is 0 Å². The summed E-state index contributed by atoms with van der Waals surface area (Å²) in [5.74, 6) is 0.689. The third kappa shape index (κ3) is 6.22. The number of ether oxygens (including phenoxy) is 1. The van der Waals surface area contributed by atoms with Gasteiger partial charge in [0.25, 0.3) is 0 Å². The molecule has 0 aromatic heterocycles. The van der Waals surface area contributed by atoms with Gasteiger partial charge in [0.1, 0.15) is 11.9 Å². The molecule has 2 rings (SSSR count). The first kappa shape index (κ1) is 20.0. The van der Waals surface area contributed by atoms with Gasteiger partial charge in [-0.2, -0.15) is 0 Å². The molecule has 1 unspecified atom stereocenters. The van der Waals surface area contributed by atoms with Gasteiger partial charge in [-0.1, -0.05) is 42.5 Å². The van der Waals surface area contributed by atoms with E-state index >= 15 is 0 Å². The van der Waals surface area contributed by atoms with E-state index in [9.17, 15) is 4.79 Å². The van der Waals surface area contributed by atoms with E-state index in [1.807, 2.05) is 68.6 Å². The van der Waals surface area contributed by atoms with E-state index in [-0.39, 0.29) is 24.4 Å². The summed E-state index contributed by atoms with van der Waals surface area (Å²) in [6, 6.07) is 17.6. The van der Waals surface area contributed by atoms with Gasteiger partial charge in [-0.3, -0.25) is 4.79 Å².